The topological polar surface area (TPSA) is 84.2 Å². The number of hydrogen-bond acceptors (Lipinski definition) is 3. The molecule has 190 valence electrons. The van der Waals surface area contributed by atoms with Crippen LogP contribution in [0, 0.1) is 0 Å². The second kappa shape index (κ2) is 10.3. The van der Waals surface area contributed by atoms with Crippen LogP contribution in [-0.4, -0.2) is 26.5 Å². The van der Waals surface area contributed by atoms with Gasteiger partial charge in [-0.05, 0) is 59.2 Å². The van der Waals surface area contributed by atoms with Gasteiger partial charge in [0, 0.05) is 23.5 Å². The molecule has 0 spiro atoms. The van der Waals surface area contributed by atoms with E-state index in [-0.39, 0.29) is 18.0 Å². The van der Waals surface area contributed by atoms with Gasteiger partial charge in [-0.25, -0.2) is 4.79 Å². The van der Waals surface area contributed by atoms with Gasteiger partial charge >= 0.3 is 5.97 Å². The average molecular weight is 512 g/mol. The van der Waals surface area contributed by atoms with Crippen molar-refractivity contribution in [2.24, 2.45) is 0 Å². The van der Waals surface area contributed by atoms with Crippen LogP contribution in [0.3, 0.4) is 0 Å². The standard InChI is InChI=1S/C33H25N3O3/c37-32(34-20-22-10-12-25(13-11-22)33(38)39)29-19-27(23-6-2-1-3-7-23)18-26-16-17-36(31(26)29)21-28-15-14-24-8-4-5-9-30(24)35-28/h1-19H,20-21H2,(H,34,37)(H,38,39). The Bertz CT molecular complexity index is 1820. The van der Waals surface area contributed by atoms with Crippen molar-refractivity contribution in [3.05, 3.63) is 138 Å². The molecule has 39 heavy (non-hydrogen) atoms. The lowest BCUT2D eigenvalue weighted by molar-refractivity contribution is 0.0696. The first-order chi connectivity index (χ1) is 19.0. The minimum absolute atomic E-state index is 0.202. The minimum Gasteiger partial charge on any atom is -0.478 e. The Labute approximate surface area is 225 Å². The third kappa shape index (κ3) is 5.00. The fourth-order valence-electron chi connectivity index (χ4n) is 4.86. The highest BCUT2D eigenvalue weighted by Gasteiger charge is 2.17. The maximum atomic E-state index is 13.6. The van der Waals surface area contributed by atoms with Gasteiger partial charge in [0.2, 0.25) is 0 Å². The zero-order valence-corrected chi connectivity index (χ0v) is 21.0. The molecule has 6 rings (SSSR count). The van der Waals surface area contributed by atoms with Gasteiger partial charge in [0.15, 0.2) is 0 Å². The molecule has 0 unspecified atom stereocenters. The average Bonchev–Trinajstić information content (AvgIpc) is 3.38. The molecular formula is C33H25N3O3. The normalized spacial score (nSPS) is 11.1. The zero-order valence-electron chi connectivity index (χ0n) is 21.0. The van der Waals surface area contributed by atoms with Crippen molar-refractivity contribution >= 4 is 33.7 Å². The van der Waals surface area contributed by atoms with E-state index in [1.165, 1.54) is 0 Å². The van der Waals surface area contributed by atoms with Gasteiger partial charge < -0.3 is 15.0 Å². The molecule has 2 N–H and O–H groups in total. The highest BCUT2D eigenvalue weighted by molar-refractivity contribution is 6.08. The number of pyridine rings is 1. The zero-order chi connectivity index (χ0) is 26.8. The molecule has 2 aromatic heterocycles. The van der Waals surface area contributed by atoms with Crippen molar-refractivity contribution in [2.45, 2.75) is 13.1 Å². The molecule has 1 amide bonds. The molecule has 0 radical (unpaired) electrons. The lowest BCUT2D eigenvalue weighted by atomic mass is 10.00. The Morgan fingerprint density at radius 2 is 1.54 bits per heavy atom. The van der Waals surface area contributed by atoms with E-state index in [0.717, 1.165) is 44.2 Å². The molecule has 0 fully saturated rings. The number of carboxylic acids is 1. The van der Waals surface area contributed by atoms with Crippen molar-refractivity contribution in [3.8, 4) is 11.1 Å². The molecule has 6 nitrogen and oxygen atoms in total. The number of carboxylic acid groups (broad SMARTS) is 1. The van der Waals surface area contributed by atoms with Crippen LogP contribution in [0.15, 0.2) is 115 Å². The number of aromatic nitrogens is 2. The number of amides is 1. The lowest BCUT2D eigenvalue weighted by Gasteiger charge is -2.13. The van der Waals surface area contributed by atoms with Crippen LogP contribution >= 0.6 is 0 Å². The number of carbonyl (C=O) groups excluding carboxylic acids is 1. The summed E-state index contributed by atoms with van der Waals surface area (Å²) in [6.45, 7) is 0.804. The monoisotopic (exact) mass is 511 g/mol. The Balaban J connectivity index is 1.36. The maximum absolute atomic E-state index is 13.6. The predicted octanol–water partition coefficient (Wildman–Crippen LogP) is 6.53. The van der Waals surface area contributed by atoms with E-state index in [2.05, 4.69) is 22.0 Å². The molecule has 2 heterocycles. The van der Waals surface area contributed by atoms with Crippen molar-refractivity contribution in [3.63, 3.8) is 0 Å². The molecule has 6 aromatic rings. The highest BCUT2D eigenvalue weighted by atomic mass is 16.4. The van der Waals surface area contributed by atoms with Gasteiger partial charge in [0.05, 0.1) is 34.4 Å². The van der Waals surface area contributed by atoms with Crippen molar-refractivity contribution in [1.82, 2.24) is 14.9 Å². The van der Waals surface area contributed by atoms with Crippen LogP contribution in [-0.2, 0) is 13.1 Å². The van der Waals surface area contributed by atoms with E-state index in [9.17, 15) is 9.59 Å². The fourth-order valence-corrected chi connectivity index (χ4v) is 4.86. The van der Waals surface area contributed by atoms with Crippen molar-refractivity contribution in [1.29, 1.82) is 0 Å². The van der Waals surface area contributed by atoms with Crippen LogP contribution in [0.4, 0.5) is 0 Å². The largest absolute Gasteiger partial charge is 0.478 e. The molecule has 6 heteroatoms. The second-order valence-corrected chi connectivity index (χ2v) is 9.45. The summed E-state index contributed by atoms with van der Waals surface area (Å²) in [5.74, 6) is -1.18. The molecular weight excluding hydrogens is 486 g/mol. The van der Waals surface area contributed by atoms with Crippen LogP contribution in [0.1, 0.15) is 32.0 Å². The molecule has 0 atom stereocenters. The van der Waals surface area contributed by atoms with Crippen LogP contribution < -0.4 is 5.32 Å². The smallest absolute Gasteiger partial charge is 0.335 e. The Hall–Kier alpha value is -5.23. The summed E-state index contributed by atoms with van der Waals surface area (Å²) < 4.78 is 2.07. The molecule has 0 bridgehead atoms. The van der Waals surface area contributed by atoms with Crippen LogP contribution in [0.2, 0.25) is 0 Å². The number of fused-ring (bicyclic) bond motifs is 2. The Kier molecular flexibility index (Phi) is 6.35. The van der Waals surface area contributed by atoms with Crippen molar-refractivity contribution in [2.75, 3.05) is 0 Å². The van der Waals surface area contributed by atoms with Gasteiger partial charge in [-0.15, -0.1) is 0 Å². The third-order valence-electron chi connectivity index (χ3n) is 6.85. The summed E-state index contributed by atoms with van der Waals surface area (Å²) in [5, 5.41) is 14.2. The van der Waals surface area contributed by atoms with E-state index in [4.69, 9.17) is 10.1 Å². The van der Waals surface area contributed by atoms with E-state index in [0.29, 0.717) is 12.1 Å². The predicted molar refractivity (Wildman–Crippen MR) is 153 cm³/mol. The van der Waals surface area contributed by atoms with E-state index in [1.807, 2.05) is 79.0 Å². The number of para-hydroxylation sites is 1. The number of nitrogens with one attached hydrogen (secondary N) is 1. The van der Waals surface area contributed by atoms with E-state index in [1.54, 1.807) is 24.3 Å². The first-order valence-corrected chi connectivity index (χ1v) is 12.7. The highest BCUT2D eigenvalue weighted by Crippen LogP contribution is 2.29. The molecule has 0 aliphatic carbocycles. The fraction of sp³-hybridized carbons (Fsp3) is 0.0606. The SMILES string of the molecule is O=C(O)c1ccc(CNC(=O)c2cc(-c3ccccc3)cc3ccn(Cc4ccc5ccccc5n4)c23)cc1. The van der Waals surface area contributed by atoms with Crippen LogP contribution in [0.25, 0.3) is 32.9 Å². The molecule has 0 aliphatic heterocycles. The van der Waals surface area contributed by atoms with Gasteiger partial charge in [-0.2, -0.15) is 0 Å². The van der Waals surface area contributed by atoms with Gasteiger partial charge in [0.1, 0.15) is 0 Å². The first-order valence-electron chi connectivity index (χ1n) is 12.7. The summed E-state index contributed by atoms with van der Waals surface area (Å²) in [7, 11) is 0. The van der Waals surface area contributed by atoms with Crippen molar-refractivity contribution < 1.29 is 14.7 Å². The molecule has 0 saturated heterocycles. The third-order valence-corrected chi connectivity index (χ3v) is 6.85. The Morgan fingerprint density at radius 3 is 2.33 bits per heavy atom. The molecule has 0 saturated carbocycles. The lowest BCUT2D eigenvalue weighted by Crippen LogP contribution is -2.23. The number of nitrogens with zero attached hydrogens (tertiary/aromatic N) is 2. The number of carbonyl (C=O) groups is 2. The van der Waals surface area contributed by atoms with Crippen LogP contribution in [0.5, 0.6) is 0 Å². The van der Waals surface area contributed by atoms with E-state index < -0.39 is 5.97 Å². The molecule has 0 aliphatic rings. The number of hydrogen-bond donors (Lipinski definition) is 2. The summed E-state index contributed by atoms with van der Waals surface area (Å²) in [5.41, 5.74) is 6.26. The minimum atomic E-state index is -0.979. The summed E-state index contributed by atoms with van der Waals surface area (Å²) in [4.78, 5) is 29.6. The second-order valence-electron chi connectivity index (χ2n) is 9.45. The Morgan fingerprint density at radius 1 is 0.769 bits per heavy atom. The maximum Gasteiger partial charge on any atom is 0.335 e. The number of aromatic carboxylic acids is 1. The number of rotatable bonds is 7. The van der Waals surface area contributed by atoms with Gasteiger partial charge in [0.25, 0.3) is 5.91 Å². The van der Waals surface area contributed by atoms with E-state index >= 15 is 0 Å². The van der Waals surface area contributed by atoms with Gasteiger partial charge in [-0.1, -0.05) is 66.7 Å². The first kappa shape index (κ1) is 24.1. The quantitative estimate of drug-likeness (QED) is 0.255. The molecule has 4 aromatic carbocycles. The van der Waals surface area contributed by atoms with Gasteiger partial charge in [-0.3, -0.25) is 9.78 Å². The number of benzene rings is 4. The summed E-state index contributed by atoms with van der Waals surface area (Å²) in [6.07, 6.45) is 2.00. The summed E-state index contributed by atoms with van der Waals surface area (Å²) in [6, 6.07) is 34.7. The summed E-state index contributed by atoms with van der Waals surface area (Å²) >= 11 is 0.